The van der Waals surface area contributed by atoms with Crippen LogP contribution in [0.1, 0.15) is 25.4 Å². The first-order valence-corrected chi connectivity index (χ1v) is 8.95. The van der Waals surface area contributed by atoms with Crippen molar-refractivity contribution in [1.82, 2.24) is 20.1 Å². The van der Waals surface area contributed by atoms with Gasteiger partial charge in [-0.15, -0.1) is 0 Å². The van der Waals surface area contributed by atoms with E-state index in [1.165, 1.54) is 17.8 Å². The summed E-state index contributed by atoms with van der Waals surface area (Å²) in [5.41, 5.74) is 1.45. The van der Waals surface area contributed by atoms with Gasteiger partial charge in [0.15, 0.2) is 5.16 Å². The molecule has 0 aliphatic carbocycles. The molecule has 0 aliphatic rings. The zero-order valence-electron chi connectivity index (χ0n) is 14.0. The molecule has 0 fully saturated rings. The zero-order chi connectivity index (χ0) is 17.6. The largest absolute Gasteiger partial charge is 0.494 e. The Kier molecular flexibility index (Phi) is 5.49. The Hall–Kier alpha value is -2.61. The van der Waals surface area contributed by atoms with Gasteiger partial charge in [-0.2, -0.15) is 4.98 Å². The molecule has 3 aromatic rings. The number of hydrogen-bond acceptors (Lipinski definition) is 7. The van der Waals surface area contributed by atoms with Gasteiger partial charge in [0.2, 0.25) is 11.7 Å². The summed E-state index contributed by atoms with van der Waals surface area (Å²) in [7, 11) is 0. The second kappa shape index (κ2) is 7.98. The van der Waals surface area contributed by atoms with Crippen molar-refractivity contribution in [2.45, 2.75) is 31.2 Å². The highest BCUT2D eigenvalue weighted by Gasteiger charge is 2.10. The van der Waals surface area contributed by atoms with Crippen molar-refractivity contribution in [2.75, 3.05) is 6.61 Å². The maximum absolute atomic E-state index is 11.6. The van der Waals surface area contributed by atoms with Gasteiger partial charge in [0.05, 0.1) is 12.4 Å². The molecule has 8 heteroatoms. The van der Waals surface area contributed by atoms with Crippen molar-refractivity contribution in [3.05, 3.63) is 52.3 Å². The zero-order valence-corrected chi connectivity index (χ0v) is 14.8. The first kappa shape index (κ1) is 17.2. The highest BCUT2D eigenvalue weighted by Crippen LogP contribution is 2.22. The molecule has 0 unspecified atom stereocenters. The number of nitrogens with zero attached hydrogens (tertiary/aromatic N) is 3. The SMILES string of the molecule is CCOc1ccc(-c2noc(CSc3nc(CC)cc(=O)[nH]3)n2)cc1. The van der Waals surface area contributed by atoms with Gasteiger partial charge >= 0.3 is 0 Å². The van der Waals surface area contributed by atoms with E-state index in [9.17, 15) is 4.79 Å². The number of aryl methyl sites for hydroxylation is 1. The van der Waals surface area contributed by atoms with Crippen molar-refractivity contribution in [3.63, 3.8) is 0 Å². The molecule has 2 heterocycles. The van der Waals surface area contributed by atoms with Gasteiger partial charge in [0.1, 0.15) is 5.75 Å². The first-order chi connectivity index (χ1) is 12.2. The minimum absolute atomic E-state index is 0.157. The molecular formula is C17H18N4O3S. The van der Waals surface area contributed by atoms with Gasteiger partial charge in [-0.25, -0.2) is 4.98 Å². The molecule has 0 spiro atoms. The van der Waals surface area contributed by atoms with Crippen LogP contribution < -0.4 is 10.3 Å². The Morgan fingerprint density at radius 3 is 2.72 bits per heavy atom. The lowest BCUT2D eigenvalue weighted by molar-refractivity contribution is 0.340. The monoisotopic (exact) mass is 358 g/mol. The molecule has 0 saturated carbocycles. The van der Waals surface area contributed by atoms with E-state index in [-0.39, 0.29) is 5.56 Å². The van der Waals surface area contributed by atoms with Crippen molar-refractivity contribution >= 4 is 11.8 Å². The van der Waals surface area contributed by atoms with Gasteiger partial charge in [-0.05, 0) is 37.6 Å². The van der Waals surface area contributed by atoms with Crippen LogP contribution in [0.3, 0.4) is 0 Å². The van der Waals surface area contributed by atoms with Crippen molar-refractivity contribution in [3.8, 4) is 17.1 Å². The van der Waals surface area contributed by atoms with Crippen molar-refractivity contribution in [2.24, 2.45) is 0 Å². The van der Waals surface area contributed by atoms with Crippen LogP contribution in [-0.4, -0.2) is 26.7 Å². The molecule has 0 radical (unpaired) electrons. The summed E-state index contributed by atoms with van der Waals surface area (Å²) in [4.78, 5) is 23.0. The molecule has 7 nitrogen and oxygen atoms in total. The van der Waals surface area contributed by atoms with E-state index in [2.05, 4.69) is 20.1 Å². The summed E-state index contributed by atoms with van der Waals surface area (Å²) in [6, 6.07) is 9.01. The maximum atomic E-state index is 11.6. The lowest BCUT2D eigenvalue weighted by Gasteiger charge is -2.02. The van der Waals surface area contributed by atoms with Crippen LogP contribution in [0.2, 0.25) is 0 Å². The molecule has 25 heavy (non-hydrogen) atoms. The van der Waals surface area contributed by atoms with E-state index in [4.69, 9.17) is 9.26 Å². The minimum Gasteiger partial charge on any atom is -0.494 e. The number of thioether (sulfide) groups is 1. The highest BCUT2D eigenvalue weighted by atomic mass is 32.2. The summed E-state index contributed by atoms with van der Waals surface area (Å²) in [5, 5.41) is 4.54. The number of aromatic nitrogens is 4. The van der Waals surface area contributed by atoms with Gasteiger partial charge in [-0.1, -0.05) is 23.8 Å². The fraction of sp³-hybridized carbons (Fsp3) is 0.294. The Bertz CT molecular complexity index is 889. The van der Waals surface area contributed by atoms with Crippen LogP contribution in [0.5, 0.6) is 5.75 Å². The van der Waals surface area contributed by atoms with Gasteiger partial charge in [-0.3, -0.25) is 4.79 Å². The predicted molar refractivity (Wildman–Crippen MR) is 94.7 cm³/mol. The van der Waals surface area contributed by atoms with Crippen LogP contribution in [0.25, 0.3) is 11.4 Å². The van der Waals surface area contributed by atoms with Crippen LogP contribution in [0, 0.1) is 0 Å². The number of H-pyrrole nitrogens is 1. The van der Waals surface area contributed by atoms with Gasteiger partial charge < -0.3 is 14.2 Å². The lowest BCUT2D eigenvalue weighted by atomic mass is 10.2. The number of nitrogens with one attached hydrogen (secondary N) is 1. The van der Waals surface area contributed by atoms with Gasteiger partial charge in [0, 0.05) is 17.3 Å². The quantitative estimate of drug-likeness (QED) is 0.512. The molecule has 130 valence electrons. The molecule has 3 rings (SSSR count). The first-order valence-electron chi connectivity index (χ1n) is 7.96. The van der Waals surface area contributed by atoms with E-state index in [0.29, 0.717) is 35.7 Å². The Morgan fingerprint density at radius 1 is 1.20 bits per heavy atom. The fourth-order valence-corrected chi connectivity index (χ4v) is 2.89. The number of benzene rings is 1. The third-order valence-corrected chi connectivity index (χ3v) is 4.22. The molecule has 0 amide bonds. The fourth-order valence-electron chi connectivity index (χ4n) is 2.16. The molecular weight excluding hydrogens is 340 g/mol. The predicted octanol–water partition coefficient (Wildman–Crippen LogP) is 3.07. The molecule has 0 aliphatic heterocycles. The summed E-state index contributed by atoms with van der Waals surface area (Å²) in [6.45, 7) is 4.52. The minimum atomic E-state index is -0.157. The average Bonchev–Trinajstić information content (AvgIpc) is 3.09. The highest BCUT2D eigenvalue weighted by molar-refractivity contribution is 7.98. The molecule has 1 aromatic carbocycles. The molecule has 0 atom stereocenters. The van der Waals surface area contributed by atoms with E-state index in [1.807, 2.05) is 38.1 Å². The number of ether oxygens (including phenoxy) is 1. The smallest absolute Gasteiger partial charge is 0.251 e. The molecule has 0 bridgehead atoms. The topological polar surface area (TPSA) is 93.9 Å². The van der Waals surface area contributed by atoms with Crippen molar-refractivity contribution < 1.29 is 9.26 Å². The van der Waals surface area contributed by atoms with Crippen LogP contribution in [0.4, 0.5) is 0 Å². The van der Waals surface area contributed by atoms with Gasteiger partial charge in [0.25, 0.3) is 5.56 Å². The summed E-state index contributed by atoms with van der Waals surface area (Å²) < 4.78 is 10.7. The second-order valence-electron chi connectivity index (χ2n) is 5.15. The third-order valence-electron chi connectivity index (χ3n) is 3.36. The number of rotatable bonds is 7. The van der Waals surface area contributed by atoms with Crippen LogP contribution in [0.15, 0.2) is 44.8 Å². The van der Waals surface area contributed by atoms with Crippen LogP contribution >= 0.6 is 11.8 Å². The van der Waals surface area contributed by atoms with E-state index in [1.54, 1.807) is 0 Å². The second-order valence-corrected chi connectivity index (χ2v) is 6.12. The molecule has 2 aromatic heterocycles. The number of hydrogen-bond donors (Lipinski definition) is 1. The standard InChI is InChI=1S/C17H18N4O3S/c1-3-12-9-14(22)19-17(18-12)25-10-15-20-16(21-24-15)11-5-7-13(8-6-11)23-4-2/h5-9H,3-4,10H2,1-2H3,(H,18,19,22). The van der Waals surface area contributed by atoms with Crippen LogP contribution in [-0.2, 0) is 12.2 Å². The summed E-state index contributed by atoms with van der Waals surface area (Å²) in [6.07, 6.45) is 0.708. The van der Waals surface area contributed by atoms with E-state index in [0.717, 1.165) is 17.0 Å². The Balaban J connectivity index is 1.67. The molecule has 0 saturated heterocycles. The average molecular weight is 358 g/mol. The maximum Gasteiger partial charge on any atom is 0.251 e. The third kappa shape index (κ3) is 4.48. The lowest BCUT2D eigenvalue weighted by Crippen LogP contribution is -2.09. The Morgan fingerprint density at radius 2 is 2.00 bits per heavy atom. The Labute approximate surface area is 148 Å². The van der Waals surface area contributed by atoms with E-state index >= 15 is 0 Å². The van der Waals surface area contributed by atoms with E-state index < -0.39 is 0 Å². The van der Waals surface area contributed by atoms with Crippen molar-refractivity contribution in [1.29, 1.82) is 0 Å². The number of aromatic amines is 1. The summed E-state index contributed by atoms with van der Waals surface area (Å²) >= 11 is 1.35. The summed E-state index contributed by atoms with van der Waals surface area (Å²) in [5.74, 6) is 2.22. The molecule has 1 N–H and O–H groups in total. The normalized spacial score (nSPS) is 10.8.